The minimum atomic E-state index is -0.00868. The molecule has 5 heteroatoms. The molecule has 0 unspecified atom stereocenters. The number of ether oxygens (including phenoxy) is 1. The van der Waals surface area contributed by atoms with Crippen LogP contribution in [0.15, 0.2) is 47.3 Å². The maximum absolute atomic E-state index is 12.8. The molecule has 0 spiro atoms. The number of benzene rings is 2. The van der Waals surface area contributed by atoms with Gasteiger partial charge in [0.15, 0.2) is 0 Å². The third-order valence-corrected chi connectivity index (χ3v) is 4.56. The van der Waals surface area contributed by atoms with E-state index in [4.69, 9.17) is 15.5 Å². The van der Waals surface area contributed by atoms with Gasteiger partial charge in [-0.25, -0.2) is 4.98 Å². The van der Waals surface area contributed by atoms with Crippen LogP contribution in [0.1, 0.15) is 24.2 Å². The Morgan fingerprint density at radius 3 is 2.92 bits per heavy atom. The number of nitrogens with zero attached hydrogens (tertiary/aromatic N) is 2. The topological polar surface area (TPSA) is 70.1 Å². The number of fused-ring (bicyclic) bond motifs is 2. The second-order valence-corrected chi connectivity index (χ2v) is 6.18. The molecule has 0 saturated carbocycles. The molecule has 0 atom stereocenters. The molecule has 0 bridgehead atoms. The lowest BCUT2D eigenvalue weighted by Gasteiger charge is -2.21. The first-order valence-corrected chi connectivity index (χ1v) is 8.31. The fourth-order valence-corrected chi connectivity index (χ4v) is 3.34. The highest BCUT2D eigenvalue weighted by Gasteiger charge is 2.19. The molecule has 1 aromatic heterocycles. The quantitative estimate of drug-likeness (QED) is 0.730. The lowest BCUT2D eigenvalue weighted by Crippen LogP contribution is -2.27. The summed E-state index contributed by atoms with van der Waals surface area (Å²) >= 11 is 0. The van der Waals surface area contributed by atoms with Gasteiger partial charge in [0.05, 0.1) is 18.0 Å². The Bertz CT molecular complexity index is 1050. The SMILES string of the molecule is COc1ccccc1C=C1CCCn2c1nc1cc(N)ccc1c2=O. The second kappa shape index (κ2) is 6.09. The van der Waals surface area contributed by atoms with E-state index in [0.29, 0.717) is 23.1 Å². The van der Waals surface area contributed by atoms with E-state index >= 15 is 0 Å². The summed E-state index contributed by atoms with van der Waals surface area (Å²) in [5.74, 6) is 1.53. The van der Waals surface area contributed by atoms with E-state index in [1.807, 2.05) is 24.3 Å². The van der Waals surface area contributed by atoms with Gasteiger partial charge in [0.25, 0.3) is 5.56 Å². The van der Waals surface area contributed by atoms with Crippen LogP contribution in [0, 0.1) is 0 Å². The first-order chi connectivity index (χ1) is 12.2. The zero-order valence-corrected chi connectivity index (χ0v) is 14.0. The van der Waals surface area contributed by atoms with Crippen LogP contribution in [0.3, 0.4) is 0 Å². The molecular formula is C20H19N3O2. The molecule has 126 valence electrons. The van der Waals surface area contributed by atoms with Gasteiger partial charge in [0.1, 0.15) is 11.6 Å². The number of aromatic nitrogens is 2. The van der Waals surface area contributed by atoms with E-state index in [0.717, 1.165) is 35.6 Å². The molecule has 0 saturated heterocycles. The van der Waals surface area contributed by atoms with E-state index in [1.165, 1.54) is 0 Å². The molecule has 4 rings (SSSR count). The summed E-state index contributed by atoms with van der Waals surface area (Å²) in [6.45, 7) is 0.685. The number of nitrogens with two attached hydrogens (primary N) is 1. The Balaban J connectivity index is 1.94. The van der Waals surface area contributed by atoms with E-state index in [-0.39, 0.29) is 5.56 Å². The number of hydrogen-bond donors (Lipinski definition) is 1. The van der Waals surface area contributed by atoms with Crippen LogP contribution in [-0.4, -0.2) is 16.7 Å². The van der Waals surface area contributed by atoms with E-state index in [2.05, 4.69) is 6.08 Å². The lowest BCUT2D eigenvalue weighted by molar-refractivity contribution is 0.414. The number of allylic oxidation sites excluding steroid dienone is 1. The van der Waals surface area contributed by atoms with Crippen molar-refractivity contribution in [3.63, 3.8) is 0 Å². The van der Waals surface area contributed by atoms with Crippen molar-refractivity contribution in [3.05, 3.63) is 64.2 Å². The monoisotopic (exact) mass is 333 g/mol. The molecule has 1 aliphatic rings. The summed E-state index contributed by atoms with van der Waals surface area (Å²) in [6.07, 6.45) is 3.85. The number of anilines is 1. The van der Waals surface area contributed by atoms with Gasteiger partial charge < -0.3 is 10.5 Å². The van der Waals surface area contributed by atoms with Crippen molar-refractivity contribution in [2.75, 3.05) is 12.8 Å². The summed E-state index contributed by atoms with van der Waals surface area (Å²) in [5.41, 5.74) is 9.13. The van der Waals surface area contributed by atoms with Crippen LogP contribution in [0.25, 0.3) is 22.6 Å². The normalized spacial score (nSPS) is 15.3. The van der Waals surface area contributed by atoms with Crippen molar-refractivity contribution in [1.29, 1.82) is 0 Å². The Kier molecular flexibility index (Phi) is 3.76. The van der Waals surface area contributed by atoms with Gasteiger partial charge in [-0.2, -0.15) is 0 Å². The van der Waals surface area contributed by atoms with Gasteiger partial charge in [-0.1, -0.05) is 18.2 Å². The largest absolute Gasteiger partial charge is 0.496 e. The molecule has 25 heavy (non-hydrogen) atoms. The number of hydrogen-bond acceptors (Lipinski definition) is 4. The zero-order valence-electron chi connectivity index (χ0n) is 14.0. The molecule has 1 aliphatic heterocycles. The minimum absolute atomic E-state index is 0.00868. The van der Waals surface area contributed by atoms with Crippen molar-refractivity contribution in [3.8, 4) is 5.75 Å². The fraction of sp³-hybridized carbons (Fsp3) is 0.200. The van der Waals surface area contributed by atoms with Gasteiger partial charge in [-0.05, 0) is 48.8 Å². The first kappa shape index (κ1) is 15.4. The Morgan fingerprint density at radius 2 is 2.08 bits per heavy atom. The van der Waals surface area contributed by atoms with Crippen LogP contribution in [0.2, 0.25) is 0 Å². The molecule has 0 fully saturated rings. The maximum Gasteiger partial charge on any atom is 0.261 e. The number of para-hydroxylation sites is 1. The summed E-state index contributed by atoms with van der Waals surface area (Å²) in [6, 6.07) is 13.1. The molecule has 2 aromatic carbocycles. The molecular weight excluding hydrogens is 314 g/mol. The highest BCUT2D eigenvalue weighted by Crippen LogP contribution is 2.30. The van der Waals surface area contributed by atoms with Crippen LogP contribution in [0.4, 0.5) is 5.69 Å². The third kappa shape index (κ3) is 2.67. The predicted octanol–water partition coefficient (Wildman–Crippen LogP) is 3.32. The van der Waals surface area contributed by atoms with E-state index < -0.39 is 0 Å². The van der Waals surface area contributed by atoms with Crippen LogP contribution >= 0.6 is 0 Å². The van der Waals surface area contributed by atoms with E-state index in [9.17, 15) is 4.79 Å². The van der Waals surface area contributed by atoms with Gasteiger partial charge in [0, 0.05) is 17.8 Å². The minimum Gasteiger partial charge on any atom is -0.496 e. The number of methoxy groups -OCH3 is 1. The van der Waals surface area contributed by atoms with Crippen LogP contribution < -0.4 is 16.0 Å². The third-order valence-electron chi connectivity index (χ3n) is 4.56. The van der Waals surface area contributed by atoms with Crippen molar-refractivity contribution in [1.82, 2.24) is 9.55 Å². The highest BCUT2D eigenvalue weighted by atomic mass is 16.5. The predicted molar refractivity (Wildman–Crippen MR) is 101 cm³/mol. The first-order valence-electron chi connectivity index (χ1n) is 8.31. The van der Waals surface area contributed by atoms with Crippen LogP contribution in [-0.2, 0) is 6.54 Å². The molecule has 0 aliphatic carbocycles. The van der Waals surface area contributed by atoms with Gasteiger partial charge >= 0.3 is 0 Å². The van der Waals surface area contributed by atoms with E-state index in [1.54, 1.807) is 29.9 Å². The summed E-state index contributed by atoms with van der Waals surface area (Å²) in [5, 5.41) is 0.608. The summed E-state index contributed by atoms with van der Waals surface area (Å²) in [7, 11) is 1.66. The molecule has 5 nitrogen and oxygen atoms in total. The number of rotatable bonds is 2. The zero-order chi connectivity index (χ0) is 17.4. The van der Waals surface area contributed by atoms with Crippen molar-refractivity contribution in [2.45, 2.75) is 19.4 Å². The Hall–Kier alpha value is -3.08. The average Bonchev–Trinajstić information content (AvgIpc) is 2.63. The summed E-state index contributed by atoms with van der Waals surface area (Å²) < 4.78 is 7.20. The molecule has 0 amide bonds. The maximum atomic E-state index is 12.8. The van der Waals surface area contributed by atoms with Gasteiger partial charge in [0.2, 0.25) is 0 Å². The van der Waals surface area contributed by atoms with Crippen molar-refractivity contribution >= 4 is 28.2 Å². The molecule has 2 N–H and O–H groups in total. The average molecular weight is 333 g/mol. The molecule has 0 radical (unpaired) electrons. The molecule has 2 heterocycles. The van der Waals surface area contributed by atoms with Crippen LogP contribution in [0.5, 0.6) is 5.75 Å². The fourth-order valence-electron chi connectivity index (χ4n) is 3.34. The van der Waals surface area contributed by atoms with Gasteiger partial charge in [-0.3, -0.25) is 9.36 Å². The Morgan fingerprint density at radius 1 is 1.24 bits per heavy atom. The van der Waals surface area contributed by atoms with Crippen molar-refractivity contribution < 1.29 is 4.74 Å². The molecule has 3 aromatic rings. The smallest absolute Gasteiger partial charge is 0.261 e. The van der Waals surface area contributed by atoms with Crippen molar-refractivity contribution in [2.24, 2.45) is 0 Å². The lowest BCUT2D eigenvalue weighted by atomic mass is 10.0. The number of nitrogen functional groups attached to an aromatic ring is 1. The summed E-state index contributed by atoms with van der Waals surface area (Å²) in [4.78, 5) is 17.6. The standard InChI is InChI=1S/C20H19N3O2/c1-25-18-7-3-2-5-13(18)11-14-6-4-10-23-19(14)22-17-12-15(21)8-9-16(17)20(23)24/h2-3,5,7-9,11-12H,4,6,10,21H2,1H3. The van der Waals surface area contributed by atoms with Gasteiger partial charge in [-0.15, -0.1) is 0 Å². The highest BCUT2D eigenvalue weighted by molar-refractivity contribution is 5.86. The Labute approximate surface area is 145 Å². The second-order valence-electron chi connectivity index (χ2n) is 6.18.